The minimum Gasteiger partial charge on any atom is -0.394 e. The van der Waals surface area contributed by atoms with Crippen molar-refractivity contribution in [3.05, 3.63) is 69.2 Å². The van der Waals surface area contributed by atoms with Crippen LogP contribution >= 0.6 is 23.4 Å². The van der Waals surface area contributed by atoms with E-state index in [0.717, 1.165) is 11.0 Å². The smallest absolute Gasteiger partial charge is 0.394 e. The van der Waals surface area contributed by atoms with Gasteiger partial charge in [-0.2, -0.15) is 18.3 Å². The van der Waals surface area contributed by atoms with Crippen molar-refractivity contribution in [2.45, 2.75) is 18.8 Å². The zero-order valence-electron chi connectivity index (χ0n) is 17.3. The standard InChI is InChI=1S/C22H17ClF3N3O4S/c23-15-3-2-13(17(7-15)22(24,25)26)9-29-18-4-1-12(5-14(18)8-27-29)6-19-20(32)28(21(33)34-19)10-16(31)11-30/h1-8,16,30-31H,9-11H2. The van der Waals surface area contributed by atoms with E-state index in [-0.39, 0.29) is 28.6 Å². The van der Waals surface area contributed by atoms with E-state index in [0.29, 0.717) is 28.2 Å². The summed E-state index contributed by atoms with van der Waals surface area (Å²) in [6, 6.07) is 8.61. The van der Waals surface area contributed by atoms with Crippen molar-refractivity contribution in [1.82, 2.24) is 14.7 Å². The number of nitrogens with zero attached hydrogens (tertiary/aromatic N) is 3. The summed E-state index contributed by atoms with van der Waals surface area (Å²) in [4.78, 5) is 25.6. The first-order valence-corrected chi connectivity index (χ1v) is 11.1. The average molecular weight is 512 g/mol. The number of aliphatic hydroxyl groups excluding tert-OH is 2. The highest BCUT2D eigenvalue weighted by atomic mass is 35.5. The number of fused-ring (bicyclic) bond motifs is 1. The van der Waals surface area contributed by atoms with E-state index in [1.54, 1.807) is 18.2 Å². The zero-order chi connectivity index (χ0) is 24.6. The molecule has 1 aromatic heterocycles. The Hall–Kier alpha value is -2.86. The highest BCUT2D eigenvalue weighted by molar-refractivity contribution is 8.18. The van der Waals surface area contributed by atoms with Crippen molar-refractivity contribution in [3.63, 3.8) is 0 Å². The van der Waals surface area contributed by atoms with Gasteiger partial charge in [0.15, 0.2) is 0 Å². The summed E-state index contributed by atoms with van der Waals surface area (Å²) in [5.74, 6) is -0.583. The molecule has 34 heavy (non-hydrogen) atoms. The summed E-state index contributed by atoms with van der Waals surface area (Å²) in [7, 11) is 0. The van der Waals surface area contributed by atoms with Crippen LogP contribution in [0.15, 0.2) is 47.5 Å². The van der Waals surface area contributed by atoms with Gasteiger partial charge in [-0.1, -0.05) is 23.7 Å². The zero-order valence-corrected chi connectivity index (χ0v) is 18.9. The van der Waals surface area contributed by atoms with Crippen LogP contribution in [-0.4, -0.2) is 55.3 Å². The van der Waals surface area contributed by atoms with Crippen molar-refractivity contribution in [2.75, 3.05) is 13.2 Å². The number of benzene rings is 2. The number of hydrogen-bond acceptors (Lipinski definition) is 6. The molecule has 2 aromatic carbocycles. The number of aliphatic hydroxyl groups is 2. The minimum absolute atomic E-state index is 0.0127. The van der Waals surface area contributed by atoms with Gasteiger partial charge in [0.1, 0.15) is 0 Å². The van der Waals surface area contributed by atoms with Gasteiger partial charge in [-0.3, -0.25) is 19.2 Å². The van der Waals surface area contributed by atoms with Gasteiger partial charge in [0.05, 0.1) is 48.0 Å². The number of carbonyl (C=O) groups is 2. The summed E-state index contributed by atoms with van der Waals surface area (Å²) >= 11 is 6.46. The topological polar surface area (TPSA) is 95.7 Å². The third-order valence-corrected chi connectivity index (χ3v) is 6.28. The molecule has 0 bridgehead atoms. The SMILES string of the molecule is O=C1SC(=Cc2ccc3c(cnn3Cc3ccc(Cl)cc3C(F)(F)F)c2)C(=O)N1CC(O)CO. The van der Waals surface area contributed by atoms with Crippen LogP contribution in [0.5, 0.6) is 0 Å². The molecule has 2 amide bonds. The molecule has 178 valence electrons. The van der Waals surface area contributed by atoms with Crippen molar-refractivity contribution in [2.24, 2.45) is 0 Å². The molecular weight excluding hydrogens is 495 g/mol. The second kappa shape index (κ2) is 9.41. The second-order valence-corrected chi connectivity index (χ2v) is 8.98. The Bertz CT molecular complexity index is 1310. The lowest BCUT2D eigenvalue weighted by molar-refractivity contribution is -0.138. The van der Waals surface area contributed by atoms with Gasteiger partial charge in [0.25, 0.3) is 11.1 Å². The fourth-order valence-corrected chi connectivity index (χ4v) is 4.53. The molecule has 7 nitrogen and oxygen atoms in total. The van der Waals surface area contributed by atoms with Crippen LogP contribution in [-0.2, 0) is 17.5 Å². The maximum Gasteiger partial charge on any atom is 0.416 e. The number of β-amino-alcohol motifs (C(OH)–C–C–N with tert-alkyl or cyclic N) is 1. The predicted octanol–water partition coefficient (Wildman–Crippen LogP) is 4.15. The molecule has 1 atom stereocenters. The number of amides is 2. The number of carbonyl (C=O) groups excluding carboxylic acids is 2. The van der Waals surface area contributed by atoms with Crippen LogP contribution in [0, 0.1) is 0 Å². The van der Waals surface area contributed by atoms with E-state index in [2.05, 4.69) is 5.10 Å². The molecule has 0 spiro atoms. The van der Waals surface area contributed by atoms with Crippen LogP contribution in [0.1, 0.15) is 16.7 Å². The maximum absolute atomic E-state index is 13.4. The number of rotatable bonds is 6. The molecule has 12 heteroatoms. The molecule has 1 fully saturated rings. The van der Waals surface area contributed by atoms with Crippen molar-refractivity contribution in [1.29, 1.82) is 0 Å². The number of thioether (sulfide) groups is 1. The Morgan fingerprint density at radius 2 is 1.94 bits per heavy atom. The van der Waals surface area contributed by atoms with Crippen LogP contribution in [0.4, 0.5) is 18.0 Å². The van der Waals surface area contributed by atoms with E-state index in [9.17, 15) is 27.9 Å². The van der Waals surface area contributed by atoms with Gasteiger partial charge in [-0.15, -0.1) is 0 Å². The van der Waals surface area contributed by atoms with E-state index in [1.165, 1.54) is 29.1 Å². The third kappa shape index (κ3) is 4.97. The third-order valence-electron chi connectivity index (χ3n) is 5.14. The Kier molecular flexibility index (Phi) is 6.72. The van der Waals surface area contributed by atoms with Crippen LogP contribution in [0.25, 0.3) is 17.0 Å². The number of hydrogen-bond donors (Lipinski definition) is 2. The Morgan fingerprint density at radius 1 is 1.18 bits per heavy atom. The van der Waals surface area contributed by atoms with Crippen LogP contribution in [0.3, 0.4) is 0 Å². The number of aromatic nitrogens is 2. The molecule has 1 unspecified atom stereocenters. The maximum atomic E-state index is 13.4. The Balaban J connectivity index is 1.59. The highest BCUT2D eigenvalue weighted by Gasteiger charge is 2.36. The molecule has 1 aliphatic heterocycles. The van der Waals surface area contributed by atoms with Gasteiger partial charge in [-0.25, -0.2) is 0 Å². The highest BCUT2D eigenvalue weighted by Crippen LogP contribution is 2.35. The quantitative estimate of drug-likeness (QED) is 0.483. The molecule has 2 heterocycles. The van der Waals surface area contributed by atoms with Gasteiger partial charge in [0, 0.05) is 10.4 Å². The molecule has 1 saturated heterocycles. The van der Waals surface area contributed by atoms with E-state index in [4.69, 9.17) is 16.7 Å². The number of imide groups is 1. The summed E-state index contributed by atoms with van der Waals surface area (Å²) in [5, 5.41) is 22.7. The van der Waals surface area contributed by atoms with Gasteiger partial charge >= 0.3 is 6.18 Å². The molecule has 1 aliphatic rings. The molecule has 0 aliphatic carbocycles. The molecule has 0 radical (unpaired) electrons. The number of halogens is 4. The first-order valence-electron chi connectivity index (χ1n) is 9.92. The van der Waals surface area contributed by atoms with E-state index in [1.807, 2.05) is 0 Å². The molecule has 2 N–H and O–H groups in total. The Labute approximate surface area is 200 Å². The first-order chi connectivity index (χ1) is 16.1. The molecule has 4 rings (SSSR count). The summed E-state index contributed by atoms with van der Waals surface area (Å²) < 4.78 is 41.7. The largest absolute Gasteiger partial charge is 0.416 e. The lowest BCUT2D eigenvalue weighted by Gasteiger charge is -2.15. The monoisotopic (exact) mass is 511 g/mol. The molecule has 3 aromatic rings. The fourth-order valence-electron chi connectivity index (χ4n) is 3.51. The van der Waals surface area contributed by atoms with Crippen molar-refractivity contribution < 1.29 is 33.0 Å². The lowest BCUT2D eigenvalue weighted by Crippen LogP contribution is -2.37. The fraction of sp³-hybridized carbons (Fsp3) is 0.227. The molecule has 0 saturated carbocycles. The first kappa shape index (κ1) is 24.3. The normalized spacial score (nSPS) is 16.8. The van der Waals surface area contributed by atoms with E-state index >= 15 is 0 Å². The predicted molar refractivity (Wildman–Crippen MR) is 121 cm³/mol. The van der Waals surface area contributed by atoms with Crippen molar-refractivity contribution in [3.8, 4) is 0 Å². The summed E-state index contributed by atoms with van der Waals surface area (Å²) in [6.07, 6.45) is -2.78. The van der Waals surface area contributed by atoms with E-state index < -0.39 is 35.6 Å². The molecular formula is C22H17ClF3N3O4S. The number of alkyl halides is 3. The summed E-state index contributed by atoms with van der Waals surface area (Å²) in [6.45, 7) is -1.02. The van der Waals surface area contributed by atoms with Crippen LogP contribution < -0.4 is 0 Å². The lowest BCUT2D eigenvalue weighted by atomic mass is 10.1. The van der Waals surface area contributed by atoms with Gasteiger partial charge < -0.3 is 10.2 Å². The minimum atomic E-state index is -4.56. The van der Waals surface area contributed by atoms with Crippen LogP contribution in [0.2, 0.25) is 5.02 Å². The average Bonchev–Trinajstić information content (AvgIpc) is 3.29. The Morgan fingerprint density at radius 3 is 2.65 bits per heavy atom. The van der Waals surface area contributed by atoms with Crippen molar-refractivity contribution >= 4 is 51.5 Å². The second-order valence-electron chi connectivity index (χ2n) is 7.55. The van der Waals surface area contributed by atoms with Gasteiger partial charge in [-0.05, 0) is 53.2 Å². The van der Waals surface area contributed by atoms with Gasteiger partial charge in [0.2, 0.25) is 0 Å². The summed E-state index contributed by atoms with van der Waals surface area (Å²) in [5.41, 5.74) is 0.356.